The Morgan fingerprint density at radius 1 is 1.00 bits per heavy atom. The average molecular weight is 465 g/mol. The molecular formula is C23H26Cl2N2O4. The van der Waals surface area contributed by atoms with Crippen molar-refractivity contribution in [1.82, 2.24) is 9.80 Å². The van der Waals surface area contributed by atoms with Crippen molar-refractivity contribution in [2.24, 2.45) is 5.92 Å². The summed E-state index contributed by atoms with van der Waals surface area (Å²) in [4.78, 5) is 31.1. The molecule has 6 nitrogen and oxygen atoms in total. The minimum atomic E-state index is -0.492. The van der Waals surface area contributed by atoms with Gasteiger partial charge in [-0.1, -0.05) is 35.7 Å². The Morgan fingerprint density at radius 3 is 2.55 bits per heavy atom. The van der Waals surface area contributed by atoms with Crippen LogP contribution in [0, 0.1) is 5.92 Å². The van der Waals surface area contributed by atoms with Gasteiger partial charge in [0.1, 0.15) is 6.10 Å². The molecular weight excluding hydrogens is 439 g/mol. The van der Waals surface area contributed by atoms with E-state index in [1.807, 2.05) is 6.07 Å². The zero-order valence-electron chi connectivity index (χ0n) is 17.3. The van der Waals surface area contributed by atoms with Crippen molar-refractivity contribution in [3.05, 3.63) is 45.1 Å². The van der Waals surface area contributed by atoms with E-state index in [9.17, 15) is 9.59 Å². The van der Waals surface area contributed by atoms with Crippen LogP contribution >= 0.6 is 23.2 Å². The van der Waals surface area contributed by atoms with Gasteiger partial charge in [-0.15, -0.1) is 0 Å². The van der Waals surface area contributed by atoms with Crippen LogP contribution in [-0.2, 0) is 19.1 Å². The molecule has 2 fully saturated rings. The lowest BCUT2D eigenvalue weighted by atomic mass is 9.77. The maximum Gasteiger partial charge on any atom is 0.290 e. The van der Waals surface area contributed by atoms with Crippen molar-refractivity contribution in [3.63, 3.8) is 0 Å². The summed E-state index contributed by atoms with van der Waals surface area (Å²) >= 11 is 12.4. The molecule has 0 spiro atoms. The van der Waals surface area contributed by atoms with Gasteiger partial charge in [-0.3, -0.25) is 14.5 Å². The fourth-order valence-electron chi connectivity index (χ4n) is 5.23. The van der Waals surface area contributed by atoms with Gasteiger partial charge in [-0.2, -0.15) is 0 Å². The van der Waals surface area contributed by atoms with Crippen molar-refractivity contribution in [3.8, 4) is 0 Å². The quantitative estimate of drug-likeness (QED) is 0.680. The molecule has 0 aromatic heterocycles. The highest BCUT2D eigenvalue weighted by atomic mass is 35.5. The molecule has 0 bridgehead atoms. The first kappa shape index (κ1) is 21.3. The lowest BCUT2D eigenvalue weighted by Crippen LogP contribution is -2.43. The number of Topliss-reactive ketones (excluding diaryl/α,β-unsaturated/α-hetero) is 1. The summed E-state index contributed by atoms with van der Waals surface area (Å²) in [5.41, 5.74) is 1.29. The van der Waals surface area contributed by atoms with Gasteiger partial charge in [0.05, 0.1) is 40.8 Å². The zero-order valence-corrected chi connectivity index (χ0v) is 18.8. The number of benzene rings is 1. The summed E-state index contributed by atoms with van der Waals surface area (Å²) in [6.45, 7) is 4.30. The average Bonchev–Trinajstić information content (AvgIpc) is 3.07. The third kappa shape index (κ3) is 3.88. The minimum absolute atomic E-state index is 0.0595. The van der Waals surface area contributed by atoms with Crippen molar-refractivity contribution in [1.29, 1.82) is 0 Å². The normalized spacial score (nSPS) is 29.1. The maximum absolute atomic E-state index is 13.6. The number of hydrogen-bond acceptors (Lipinski definition) is 5. The fourth-order valence-corrected chi connectivity index (χ4v) is 5.53. The number of ketones is 1. The molecule has 1 saturated heterocycles. The van der Waals surface area contributed by atoms with Crippen LogP contribution < -0.4 is 0 Å². The van der Waals surface area contributed by atoms with Crippen molar-refractivity contribution in [2.45, 2.75) is 37.8 Å². The van der Waals surface area contributed by atoms with Crippen LogP contribution in [0.1, 0.15) is 37.3 Å². The number of nitrogens with zero attached hydrogens (tertiary/aromatic N) is 2. The standard InChI is InChI=1S/C23H26Cl2N2O4/c24-16-6-5-14(13-17(16)25)20-19-21(28)15-3-1-2-4-18(15)31-22(19)23(29)27(20)8-7-26-9-11-30-12-10-26/h5-6,13,15,18,20H,1-4,7-12H2. The third-order valence-electron chi connectivity index (χ3n) is 6.88. The third-order valence-corrected chi connectivity index (χ3v) is 7.62. The van der Waals surface area contributed by atoms with Gasteiger partial charge in [-0.25, -0.2) is 0 Å². The molecule has 0 N–H and O–H groups in total. The first-order chi connectivity index (χ1) is 15.0. The second-order valence-electron chi connectivity index (χ2n) is 8.68. The van der Waals surface area contributed by atoms with Crippen molar-refractivity contribution in [2.75, 3.05) is 39.4 Å². The number of morpholine rings is 1. The molecule has 0 radical (unpaired) electrons. The highest BCUT2D eigenvalue weighted by molar-refractivity contribution is 6.42. The Bertz CT molecular complexity index is 928. The van der Waals surface area contributed by atoms with E-state index < -0.39 is 6.04 Å². The summed E-state index contributed by atoms with van der Waals surface area (Å²) in [7, 11) is 0. The topological polar surface area (TPSA) is 59.1 Å². The summed E-state index contributed by atoms with van der Waals surface area (Å²) in [6.07, 6.45) is 3.51. The first-order valence-corrected chi connectivity index (χ1v) is 11.8. The minimum Gasteiger partial charge on any atom is -0.483 e. The number of carbonyl (C=O) groups excluding carboxylic acids is 2. The Kier molecular flexibility index (Phi) is 5.99. The van der Waals surface area contributed by atoms with Crippen LogP contribution in [-0.4, -0.2) is 67.0 Å². The summed E-state index contributed by atoms with van der Waals surface area (Å²) in [6, 6.07) is 4.85. The van der Waals surface area contributed by atoms with E-state index in [1.165, 1.54) is 0 Å². The van der Waals surface area contributed by atoms with E-state index in [2.05, 4.69) is 4.90 Å². The first-order valence-electron chi connectivity index (χ1n) is 11.1. The number of carbonyl (C=O) groups is 2. The molecule has 1 saturated carbocycles. The molecule has 4 aliphatic rings. The van der Waals surface area contributed by atoms with Gasteiger partial charge in [-0.05, 0) is 37.0 Å². The predicted octanol–water partition coefficient (Wildman–Crippen LogP) is 3.62. The molecule has 8 heteroatoms. The van der Waals surface area contributed by atoms with E-state index in [-0.39, 0.29) is 29.5 Å². The number of ether oxygens (including phenoxy) is 2. The SMILES string of the molecule is O=C1C2=C(OC3CCCCC13)C(=O)N(CCN1CCOCC1)C2c1ccc(Cl)c(Cl)c1. The zero-order chi connectivity index (χ0) is 21.5. The monoisotopic (exact) mass is 464 g/mol. The number of amides is 1. The highest BCUT2D eigenvalue weighted by Crippen LogP contribution is 2.47. The molecule has 31 heavy (non-hydrogen) atoms. The van der Waals surface area contributed by atoms with Crippen LogP contribution in [0.15, 0.2) is 29.5 Å². The van der Waals surface area contributed by atoms with Crippen LogP contribution in [0.5, 0.6) is 0 Å². The molecule has 1 aromatic rings. The van der Waals surface area contributed by atoms with E-state index in [1.54, 1.807) is 17.0 Å². The van der Waals surface area contributed by atoms with Gasteiger partial charge in [0.2, 0.25) is 0 Å². The van der Waals surface area contributed by atoms with E-state index in [0.29, 0.717) is 41.9 Å². The second kappa shape index (κ2) is 8.74. The molecule has 1 aromatic carbocycles. The number of hydrogen-bond donors (Lipinski definition) is 0. The molecule has 166 valence electrons. The van der Waals surface area contributed by atoms with Gasteiger partial charge < -0.3 is 14.4 Å². The second-order valence-corrected chi connectivity index (χ2v) is 9.50. The molecule has 3 heterocycles. The summed E-state index contributed by atoms with van der Waals surface area (Å²) in [5.74, 6) is -0.0584. The number of rotatable bonds is 4. The van der Waals surface area contributed by atoms with Gasteiger partial charge >= 0.3 is 0 Å². The number of fused-ring (bicyclic) bond motifs is 1. The molecule has 1 amide bonds. The predicted molar refractivity (Wildman–Crippen MR) is 117 cm³/mol. The lowest BCUT2D eigenvalue weighted by Gasteiger charge is -2.35. The molecule has 1 aliphatic carbocycles. The smallest absolute Gasteiger partial charge is 0.290 e. The fraction of sp³-hybridized carbons (Fsp3) is 0.565. The van der Waals surface area contributed by atoms with E-state index in [4.69, 9.17) is 32.7 Å². The molecule has 3 atom stereocenters. The van der Waals surface area contributed by atoms with Crippen molar-refractivity contribution < 1.29 is 19.1 Å². The maximum atomic E-state index is 13.6. The van der Waals surface area contributed by atoms with E-state index in [0.717, 1.165) is 44.3 Å². The Hall–Kier alpha value is -1.60. The Balaban J connectivity index is 1.49. The van der Waals surface area contributed by atoms with Crippen LogP contribution in [0.3, 0.4) is 0 Å². The van der Waals surface area contributed by atoms with Crippen LogP contribution in [0.25, 0.3) is 0 Å². The van der Waals surface area contributed by atoms with Gasteiger partial charge in [0, 0.05) is 26.2 Å². The molecule has 5 rings (SSSR count). The summed E-state index contributed by atoms with van der Waals surface area (Å²) in [5, 5.41) is 0.857. The molecule has 3 aliphatic heterocycles. The Morgan fingerprint density at radius 2 is 1.77 bits per heavy atom. The highest BCUT2D eigenvalue weighted by Gasteiger charge is 2.51. The van der Waals surface area contributed by atoms with Gasteiger partial charge in [0.25, 0.3) is 5.91 Å². The van der Waals surface area contributed by atoms with Gasteiger partial charge in [0.15, 0.2) is 11.5 Å². The summed E-state index contributed by atoms with van der Waals surface area (Å²) < 4.78 is 11.6. The van der Waals surface area contributed by atoms with Crippen molar-refractivity contribution >= 4 is 34.9 Å². The van der Waals surface area contributed by atoms with Crippen LogP contribution in [0.4, 0.5) is 0 Å². The number of halogens is 2. The molecule has 3 unspecified atom stereocenters. The largest absolute Gasteiger partial charge is 0.483 e. The van der Waals surface area contributed by atoms with Crippen LogP contribution in [0.2, 0.25) is 10.0 Å². The lowest BCUT2D eigenvalue weighted by molar-refractivity contribution is -0.135. The Labute approximate surface area is 192 Å². The van der Waals surface area contributed by atoms with E-state index >= 15 is 0 Å².